The molecule has 0 fully saturated rings. The summed E-state index contributed by atoms with van der Waals surface area (Å²) in [5, 5.41) is 10.6. The molecule has 0 aliphatic heterocycles. The van der Waals surface area contributed by atoms with Crippen LogP contribution in [0.2, 0.25) is 0 Å². The number of hydrogen-bond donors (Lipinski definition) is 0. The first-order valence-corrected chi connectivity index (χ1v) is 8.08. The van der Waals surface area contributed by atoms with Crippen LogP contribution in [0.1, 0.15) is 30.7 Å². The molecule has 0 aromatic heterocycles. The van der Waals surface area contributed by atoms with Gasteiger partial charge in [0.1, 0.15) is 17.0 Å². The zero-order valence-electron chi connectivity index (χ0n) is 13.3. The van der Waals surface area contributed by atoms with Gasteiger partial charge in [-0.15, -0.1) is 0 Å². The number of nitro groups is 1. The summed E-state index contributed by atoms with van der Waals surface area (Å²) in [5.41, 5.74) is 0.488. The summed E-state index contributed by atoms with van der Waals surface area (Å²) in [5.74, 6) is -1.07. The van der Waals surface area contributed by atoms with Gasteiger partial charge in [-0.2, -0.15) is 0 Å². The normalized spacial score (nSPS) is 14.1. The molecule has 0 amide bonds. The van der Waals surface area contributed by atoms with Gasteiger partial charge in [-0.05, 0) is 19.4 Å². The van der Waals surface area contributed by atoms with Crippen molar-refractivity contribution in [2.75, 3.05) is 0 Å². The summed E-state index contributed by atoms with van der Waals surface area (Å²) in [6.07, 6.45) is 0.511. The molecule has 1 aromatic carbocycles. The third-order valence-electron chi connectivity index (χ3n) is 3.07. The Bertz CT molecular complexity index is 615. The molecule has 7 nitrogen and oxygen atoms in total. The van der Waals surface area contributed by atoms with Crippen molar-refractivity contribution in [1.29, 1.82) is 0 Å². The highest BCUT2D eigenvalue weighted by Gasteiger charge is 2.23. The summed E-state index contributed by atoms with van der Waals surface area (Å²) >= 11 is 3.22. The van der Waals surface area contributed by atoms with Crippen molar-refractivity contribution in [2.24, 2.45) is 0 Å². The number of carbonyl (C=O) groups is 2. The van der Waals surface area contributed by atoms with Crippen molar-refractivity contribution in [3.63, 3.8) is 0 Å². The molecular weight excluding hydrogens is 382 g/mol. The van der Waals surface area contributed by atoms with E-state index in [4.69, 9.17) is 9.47 Å². The molecule has 0 bridgehead atoms. The molecular formula is C16H18BrNO6. The molecule has 0 saturated heterocycles. The highest BCUT2D eigenvalue weighted by atomic mass is 79.9. The SMILES string of the molecule is C=CC(=O)O[C@H](C)C[C@H](C)OC(=O)C(Br)c1ccc([N+](=O)[O-])cc1. The molecule has 1 unspecified atom stereocenters. The first-order chi connectivity index (χ1) is 11.2. The number of nitro benzene ring substituents is 1. The second kappa shape index (κ2) is 9.17. The first-order valence-electron chi connectivity index (χ1n) is 7.16. The van der Waals surface area contributed by atoms with E-state index in [0.717, 1.165) is 6.08 Å². The number of non-ortho nitro benzene ring substituents is 1. The van der Waals surface area contributed by atoms with Crippen LogP contribution in [0.5, 0.6) is 0 Å². The highest BCUT2D eigenvalue weighted by molar-refractivity contribution is 9.09. The number of carbonyl (C=O) groups excluding carboxylic acids is 2. The number of esters is 2. The standard InChI is InChI=1S/C16H18BrNO6/c1-4-14(19)23-10(2)9-11(3)24-16(20)15(17)12-5-7-13(8-6-12)18(21)22/h4-8,10-11,15H,1,9H2,2-3H3/t10-,11+,15?/m1/s1. The van der Waals surface area contributed by atoms with Crippen LogP contribution < -0.4 is 0 Å². The summed E-state index contributed by atoms with van der Waals surface area (Å²) in [7, 11) is 0. The Morgan fingerprint density at radius 1 is 1.25 bits per heavy atom. The molecule has 1 rings (SSSR count). The maximum absolute atomic E-state index is 12.1. The molecule has 0 saturated carbocycles. The molecule has 24 heavy (non-hydrogen) atoms. The van der Waals surface area contributed by atoms with Gasteiger partial charge in [0.15, 0.2) is 0 Å². The average Bonchev–Trinajstić information content (AvgIpc) is 2.53. The number of alkyl halides is 1. The number of hydrogen-bond acceptors (Lipinski definition) is 6. The summed E-state index contributed by atoms with van der Waals surface area (Å²) in [6, 6.07) is 5.60. The van der Waals surface area contributed by atoms with Gasteiger partial charge in [0.2, 0.25) is 0 Å². The minimum atomic E-state index is -0.744. The fourth-order valence-corrected chi connectivity index (χ4v) is 2.38. The van der Waals surface area contributed by atoms with Crippen molar-refractivity contribution in [3.8, 4) is 0 Å². The van der Waals surface area contributed by atoms with Gasteiger partial charge < -0.3 is 9.47 Å². The van der Waals surface area contributed by atoms with Crippen LogP contribution in [0.15, 0.2) is 36.9 Å². The lowest BCUT2D eigenvalue weighted by molar-refractivity contribution is -0.384. The average molecular weight is 400 g/mol. The smallest absolute Gasteiger partial charge is 0.330 e. The van der Waals surface area contributed by atoms with E-state index >= 15 is 0 Å². The molecule has 3 atom stereocenters. The Balaban J connectivity index is 2.58. The fraction of sp³-hybridized carbons (Fsp3) is 0.375. The molecule has 0 aliphatic carbocycles. The van der Waals surface area contributed by atoms with Gasteiger partial charge in [-0.25, -0.2) is 4.79 Å². The van der Waals surface area contributed by atoms with E-state index in [1.165, 1.54) is 24.3 Å². The van der Waals surface area contributed by atoms with E-state index < -0.39 is 33.9 Å². The monoisotopic (exact) mass is 399 g/mol. The molecule has 0 radical (unpaired) electrons. The van der Waals surface area contributed by atoms with Crippen LogP contribution in [0.4, 0.5) is 5.69 Å². The third kappa shape index (κ3) is 6.11. The molecule has 0 heterocycles. The van der Waals surface area contributed by atoms with Crippen molar-refractivity contribution in [3.05, 3.63) is 52.6 Å². The predicted octanol–water partition coefficient (Wildman–Crippen LogP) is 3.47. The first kappa shape index (κ1) is 19.8. The van der Waals surface area contributed by atoms with Crippen molar-refractivity contribution in [2.45, 2.75) is 37.3 Å². The van der Waals surface area contributed by atoms with Gasteiger partial charge in [-0.1, -0.05) is 34.6 Å². The van der Waals surface area contributed by atoms with E-state index in [9.17, 15) is 19.7 Å². The third-order valence-corrected chi connectivity index (χ3v) is 3.97. The lowest BCUT2D eigenvalue weighted by Crippen LogP contribution is -2.24. The van der Waals surface area contributed by atoms with Crippen LogP contribution in [-0.2, 0) is 19.1 Å². The summed E-state index contributed by atoms with van der Waals surface area (Å²) < 4.78 is 10.3. The molecule has 0 spiro atoms. The van der Waals surface area contributed by atoms with Crippen LogP contribution in [-0.4, -0.2) is 29.1 Å². The van der Waals surface area contributed by atoms with Crippen LogP contribution in [0.3, 0.4) is 0 Å². The van der Waals surface area contributed by atoms with E-state index in [2.05, 4.69) is 22.5 Å². The number of benzene rings is 1. The quantitative estimate of drug-likeness (QED) is 0.218. The van der Waals surface area contributed by atoms with E-state index in [0.29, 0.717) is 12.0 Å². The number of ether oxygens (including phenoxy) is 2. The predicted molar refractivity (Wildman–Crippen MR) is 90.7 cm³/mol. The second-order valence-corrected chi connectivity index (χ2v) is 6.06. The lowest BCUT2D eigenvalue weighted by Gasteiger charge is -2.19. The van der Waals surface area contributed by atoms with Gasteiger partial charge in [0, 0.05) is 24.6 Å². The summed E-state index contributed by atoms with van der Waals surface area (Å²) in [6.45, 7) is 6.68. The van der Waals surface area contributed by atoms with Crippen LogP contribution in [0, 0.1) is 10.1 Å². The number of rotatable bonds is 8. The van der Waals surface area contributed by atoms with Crippen molar-refractivity contribution in [1.82, 2.24) is 0 Å². The Kier molecular flexibility index (Phi) is 7.57. The van der Waals surface area contributed by atoms with E-state index in [1.807, 2.05) is 0 Å². The topological polar surface area (TPSA) is 95.7 Å². The Labute approximate surface area is 147 Å². The van der Waals surface area contributed by atoms with Crippen LogP contribution >= 0.6 is 15.9 Å². The van der Waals surface area contributed by atoms with Crippen molar-refractivity contribution >= 4 is 33.6 Å². The van der Waals surface area contributed by atoms with Gasteiger partial charge in [-0.3, -0.25) is 14.9 Å². The lowest BCUT2D eigenvalue weighted by atomic mass is 10.1. The minimum absolute atomic E-state index is 0.0574. The zero-order valence-corrected chi connectivity index (χ0v) is 14.9. The Morgan fingerprint density at radius 3 is 2.29 bits per heavy atom. The molecule has 0 N–H and O–H groups in total. The Morgan fingerprint density at radius 2 is 1.79 bits per heavy atom. The van der Waals surface area contributed by atoms with E-state index in [1.54, 1.807) is 13.8 Å². The molecule has 1 aromatic rings. The number of nitrogens with zero attached hydrogens (tertiary/aromatic N) is 1. The molecule has 0 aliphatic rings. The van der Waals surface area contributed by atoms with Gasteiger partial charge >= 0.3 is 11.9 Å². The van der Waals surface area contributed by atoms with Gasteiger partial charge in [0.05, 0.1) is 4.92 Å². The maximum atomic E-state index is 12.1. The fourth-order valence-electron chi connectivity index (χ4n) is 1.97. The zero-order chi connectivity index (χ0) is 18.3. The molecule has 8 heteroatoms. The maximum Gasteiger partial charge on any atom is 0.330 e. The minimum Gasteiger partial charge on any atom is -0.461 e. The summed E-state index contributed by atoms with van der Waals surface area (Å²) in [4.78, 5) is 32.6. The number of halogens is 1. The van der Waals surface area contributed by atoms with Crippen molar-refractivity contribution < 1.29 is 24.0 Å². The van der Waals surface area contributed by atoms with E-state index in [-0.39, 0.29) is 5.69 Å². The largest absolute Gasteiger partial charge is 0.461 e. The van der Waals surface area contributed by atoms with Gasteiger partial charge in [0.25, 0.3) is 5.69 Å². The van der Waals surface area contributed by atoms with Crippen LogP contribution in [0.25, 0.3) is 0 Å². The second-order valence-electron chi connectivity index (χ2n) is 5.15. The Hall–Kier alpha value is -2.22. The highest BCUT2D eigenvalue weighted by Crippen LogP contribution is 2.27. The molecule has 130 valence electrons.